The van der Waals surface area contributed by atoms with Crippen molar-refractivity contribution in [3.8, 4) is 0 Å². The summed E-state index contributed by atoms with van der Waals surface area (Å²) in [6.07, 6.45) is 2.35. The Morgan fingerprint density at radius 2 is 2.17 bits per heavy atom. The molecule has 100 valence electrons. The fourth-order valence-corrected chi connectivity index (χ4v) is 3.93. The van der Waals surface area contributed by atoms with E-state index in [1.807, 2.05) is 11.8 Å². The second kappa shape index (κ2) is 6.83. The molecule has 1 aliphatic heterocycles. The monoisotopic (exact) mass is 283 g/mol. The number of hydrogen-bond acceptors (Lipinski definition) is 2. The topological polar surface area (TPSA) is 12.0 Å². The zero-order valence-electron chi connectivity index (χ0n) is 11.2. The maximum absolute atomic E-state index is 6.02. The Balaban J connectivity index is 1.79. The first-order valence-corrected chi connectivity index (χ1v) is 8.14. The van der Waals surface area contributed by atoms with E-state index < -0.39 is 0 Å². The average Bonchev–Trinajstić information content (AvgIpc) is 2.76. The standard InChI is InChI=1S/C15H22ClNS/c1-11(2)7-13(9-16)17-10-14-8-12-5-3-4-6-15(12)18-14/h3-6,11,13-14,17H,7-10H2,1-2H3. The molecule has 2 rings (SSSR count). The van der Waals surface area contributed by atoms with Crippen LogP contribution in [0.3, 0.4) is 0 Å². The van der Waals surface area contributed by atoms with Crippen LogP contribution >= 0.6 is 23.4 Å². The highest BCUT2D eigenvalue weighted by Crippen LogP contribution is 2.36. The predicted octanol–water partition coefficient (Wildman–Crippen LogP) is 3.95. The Bertz CT molecular complexity index is 356. The molecule has 0 aromatic heterocycles. The lowest BCUT2D eigenvalue weighted by Crippen LogP contribution is -2.36. The van der Waals surface area contributed by atoms with Crippen molar-refractivity contribution >= 4 is 23.4 Å². The Labute approximate surface area is 120 Å². The Morgan fingerprint density at radius 3 is 2.83 bits per heavy atom. The van der Waals surface area contributed by atoms with Crippen LogP contribution in [0.15, 0.2) is 29.2 Å². The van der Waals surface area contributed by atoms with Gasteiger partial charge in [0.25, 0.3) is 0 Å². The highest BCUT2D eigenvalue weighted by molar-refractivity contribution is 8.00. The molecule has 2 atom stereocenters. The molecule has 3 heteroatoms. The van der Waals surface area contributed by atoms with E-state index in [4.69, 9.17) is 11.6 Å². The molecule has 0 fully saturated rings. The van der Waals surface area contributed by atoms with Crippen molar-refractivity contribution in [3.05, 3.63) is 29.8 Å². The molecule has 0 saturated heterocycles. The van der Waals surface area contributed by atoms with E-state index in [2.05, 4.69) is 43.4 Å². The van der Waals surface area contributed by atoms with E-state index >= 15 is 0 Å². The normalized spacial score (nSPS) is 20.1. The first-order chi connectivity index (χ1) is 8.69. The molecule has 0 aliphatic carbocycles. The number of fused-ring (bicyclic) bond motifs is 1. The predicted molar refractivity (Wildman–Crippen MR) is 81.8 cm³/mol. The minimum Gasteiger partial charge on any atom is -0.312 e. The van der Waals surface area contributed by atoms with Gasteiger partial charge in [0.15, 0.2) is 0 Å². The Kier molecular flexibility index (Phi) is 5.40. The van der Waals surface area contributed by atoms with E-state index in [1.54, 1.807) is 0 Å². The van der Waals surface area contributed by atoms with E-state index in [9.17, 15) is 0 Å². The van der Waals surface area contributed by atoms with Crippen LogP contribution in [0.2, 0.25) is 0 Å². The van der Waals surface area contributed by atoms with Gasteiger partial charge in [-0.05, 0) is 30.4 Å². The lowest BCUT2D eigenvalue weighted by Gasteiger charge is -2.20. The van der Waals surface area contributed by atoms with Gasteiger partial charge in [-0.1, -0.05) is 32.0 Å². The molecule has 1 nitrogen and oxygen atoms in total. The van der Waals surface area contributed by atoms with Crippen molar-refractivity contribution in [2.75, 3.05) is 12.4 Å². The fourth-order valence-electron chi connectivity index (χ4n) is 2.44. The zero-order chi connectivity index (χ0) is 13.0. The summed E-state index contributed by atoms with van der Waals surface area (Å²) in [5, 5.41) is 4.29. The molecule has 1 aromatic carbocycles. The summed E-state index contributed by atoms with van der Waals surface area (Å²) < 4.78 is 0. The summed E-state index contributed by atoms with van der Waals surface area (Å²) in [6, 6.07) is 9.19. The highest BCUT2D eigenvalue weighted by atomic mass is 35.5. The highest BCUT2D eigenvalue weighted by Gasteiger charge is 2.22. The summed E-state index contributed by atoms with van der Waals surface area (Å²) in [4.78, 5) is 1.45. The van der Waals surface area contributed by atoms with Gasteiger partial charge in [0.1, 0.15) is 0 Å². The summed E-state index contributed by atoms with van der Waals surface area (Å²) >= 11 is 8.02. The van der Waals surface area contributed by atoms with E-state index in [1.165, 1.54) is 16.9 Å². The van der Waals surface area contributed by atoms with Crippen LogP contribution in [0.25, 0.3) is 0 Å². The van der Waals surface area contributed by atoms with Gasteiger partial charge < -0.3 is 5.32 Å². The van der Waals surface area contributed by atoms with Crippen LogP contribution in [0.4, 0.5) is 0 Å². The molecule has 1 heterocycles. The van der Waals surface area contributed by atoms with Gasteiger partial charge in [-0.3, -0.25) is 0 Å². The second-order valence-electron chi connectivity index (χ2n) is 5.44. The minimum atomic E-state index is 0.455. The van der Waals surface area contributed by atoms with Crippen molar-refractivity contribution < 1.29 is 0 Å². The van der Waals surface area contributed by atoms with E-state index in [0.29, 0.717) is 23.1 Å². The molecular formula is C15H22ClNS. The van der Waals surface area contributed by atoms with Crippen molar-refractivity contribution in [2.24, 2.45) is 5.92 Å². The third-order valence-corrected chi connectivity index (χ3v) is 4.98. The molecule has 18 heavy (non-hydrogen) atoms. The van der Waals surface area contributed by atoms with Crippen LogP contribution in [0.1, 0.15) is 25.8 Å². The Hall–Kier alpha value is -0.180. The fraction of sp³-hybridized carbons (Fsp3) is 0.600. The van der Waals surface area contributed by atoms with Gasteiger partial charge in [-0.25, -0.2) is 0 Å². The number of nitrogens with one attached hydrogen (secondary N) is 1. The van der Waals surface area contributed by atoms with Gasteiger partial charge in [0.2, 0.25) is 0 Å². The third-order valence-electron chi connectivity index (χ3n) is 3.29. The van der Waals surface area contributed by atoms with Crippen LogP contribution in [-0.4, -0.2) is 23.7 Å². The van der Waals surface area contributed by atoms with Crippen LogP contribution in [-0.2, 0) is 6.42 Å². The quantitative estimate of drug-likeness (QED) is 0.794. The van der Waals surface area contributed by atoms with Gasteiger partial charge in [0.05, 0.1) is 0 Å². The molecular weight excluding hydrogens is 262 g/mol. The summed E-state index contributed by atoms with van der Waals surface area (Å²) in [5.41, 5.74) is 1.50. The number of hydrogen-bond donors (Lipinski definition) is 1. The number of rotatable bonds is 6. The lowest BCUT2D eigenvalue weighted by atomic mass is 10.0. The smallest absolute Gasteiger partial charge is 0.0377 e. The third kappa shape index (κ3) is 3.91. The van der Waals surface area contributed by atoms with E-state index in [-0.39, 0.29) is 0 Å². The van der Waals surface area contributed by atoms with Crippen molar-refractivity contribution in [1.29, 1.82) is 0 Å². The number of halogens is 1. The van der Waals surface area contributed by atoms with Crippen LogP contribution < -0.4 is 5.32 Å². The van der Waals surface area contributed by atoms with Crippen LogP contribution in [0, 0.1) is 5.92 Å². The van der Waals surface area contributed by atoms with Crippen molar-refractivity contribution in [1.82, 2.24) is 5.32 Å². The molecule has 0 bridgehead atoms. The first kappa shape index (κ1) is 14.2. The summed E-state index contributed by atoms with van der Waals surface area (Å²) in [6.45, 7) is 5.56. The molecule has 0 radical (unpaired) electrons. The molecule has 0 saturated carbocycles. The van der Waals surface area contributed by atoms with Gasteiger partial charge in [-0.15, -0.1) is 23.4 Å². The zero-order valence-corrected chi connectivity index (χ0v) is 12.7. The SMILES string of the molecule is CC(C)CC(CCl)NCC1Cc2ccccc2S1. The second-order valence-corrected chi connectivity index (χ2v) is 7.09. The molecule has 1 aromatic rings. The summed E-state index contributed by atoms with van der Waals surface area (Å²) in [7, 11) is 0. The van der Waals surface area contributed by atoms with Crippen molar-refractivity contribution in [2.45, 2.75) is 42.9 Å². The Morgan fingerprint density at radius 1 is 1.39 bits per heavy atom. The largest absolute Gasteiger partial charge is 0.312 e. The molecule has 0 amide bonds. The maximum atomic E-state index is 6.02. The van der Waals surface area contributed by atoms with Gasteiger partial charge in [0, 0.05) is 28.6 Å². The molecule has 0 spiro atoms. The average molecular weight is 284 g/mol. The number of benzene rings is 1. The molecule has 2 unspecified atom stereocenters. The summed E-state index contributed by atoms with van der Waals surface area (Å²) in [5.74, 6) is 1.41. The first-order valence-electron chi connectivity index (χ1n) is 6.73. The number of alkyl halides is 1. The minimum absolute atomic E-state index is 0.455. The van der Waals surface area contributed by atoms with E-state index in [0.717, 1.165) is 13.0 Å². The van der Waals surface area contributed by atoms with Gasteiger partial charge in [-0.2, -0.15) is 0 Å². The van der Waals surface area contributed by atoms with Gasteiger partial charge >= 0.3 is 0 Å². The molecule has 1 aliphatic rings. The van der Waals surface area contributed by atoms with Crippen LogP contribution in [0.5, 0.6) is 0 Å². The van der Waals surface area contributed by atoms with Crippen molar-refractivity contribution in [3.63, 3.8) is 0 Å². The maximum Gasteiger partial charge on any atom is 0.0377 e. The number of thioether (sulfide) groups is 1. The molecule has 1 N–H and O–H groups in total. The lowest BCUT2D eigenvalue weighted by molar-refractivity contribution is 0.445.